The first-order valence-electron chi connectivity index (χ1n) is 4.15. The molecule has 1 aliphatic heterocycles. The highest BCUT2D eigenvalue weighted by molar-refractivity contribution is 7.80. The van der Waals surface area contributed by atoms with Gasteiger partial charge in [-0.15, -0.1) is 0 Å². The van der Waals surface area contributed by atoms with Gasteiger partial charge in [-0.25, -0.2) is 0 Å². The number of thiol groups is 1. The van der Waals surface area contributed by atoms with Crippen molar-refractivity contribution in [1.82, 2.24) is 4.90 Å². The molecule has 0 unspecified atom stereocenters. The van der Waals surface area contributed by atoms with Crippen molar-refractivity contribution in [3.63, 3.8) is 0 Å². The molecule has 62 valence electrons. The number of nitrogens with zero attached hydrogens (tertiary/aromatic N) is 1. The van der Waals surface area contributed by atoms with Gasteiger partial charge in [0.1, 0.15) is 0 Å². The maximum absolute atomic E-state index is 4.38. The van der Waals surface area contributed by atoms with Gasteiger partial charge in [-0.1, -0.05) is 13.8 Å². The molecule has 1 aliphatic rings. The quantitative estimate of drug-likeness (QED) is 0.532. The van der Waals surface area contributed by atoms with Gasteiger partial charge in [-0.2, -0.15) is 12.6 Å². The molecule has 1 rings (SSSR count). The zero-order valence-electron chi connectivity index (χ0n) is 7.30. The average Bonchev–Trinajstić information content (AvgIpc) is 2.00. The Hall–Kier alpha value is 0.310. The van der Waals surface area contributed by atoms with Crippen molar-refractivity contribution in [1.29, 1.82) is 0 Å². The molecule has 0 bridgehead atoms. The molecular weight excluding hydrogens is 142 g/mol. The highest BCUT2D eigenvalue weighted by Gasteiger charge is 2.11. The van der Waals surface area contributed by atoms with E-state index in [0.717, 1.165) is 0 Å². The summed E-state index contributed by atoms with van der Waals surface area (Å²) in [6.45, 7) is 6.46. The van der Waals surface area contributed by atoms with Crippen LogP contribution in [-0.4, -0.2) is 30.3 Å². The maximum Gasteiger partial charge on any atom is 0.00411 e. The Labute approximate surface area is 70.2 Å². The molecule has 1 saturated heterocycles. The van der Waals surface area contributed by atoms with Gasteiger partial charge in [0.2, 0.25) is 0 Å². The predicted octanol–water partition coefficient (Wildman–Crippen LogP) is 2.04. The smallest absolute Gasteiger partial charge is 0.00411 e. The Kier molecular flexibility index (Phi) is 6.24. The first-order chi connectivity index (χ1) is 4.79. The molecule has 0 aromatic rings. The summed E-state index contributed by atoms with van der Waals surface area (Å²) in [5.41, 5.74) is 0. The summed E-state index contributed by atoms with van der Waals surface area (Å²) in [5.74, 6) is 0. The van der Waals surface area contributed by atoms with E-state index >= 15 is 0 Å². The van der Waals surface area contributed by atoms with Gasteiger partial charge in [-0.05, 0) is 33.0 Å². The topological polar surface area (TPSA) is 3.24 Å². The minimum Gasteiger partial charge on any atom is -0.306 e. The van der Waals surface area contributed by atoms with Crippen LogP contribution >= 0.6 is 12.6 Å². The van der Waals surface area contributed by atoms with Crippen LogP contribution in [0, 0.1) is 0 Å². The fourth-order valence-electron chi connectivity index (χ4n) is 0.995. The van der Waals surface area contributed by atoms with Crippen molar-refractivity contribution in [2.75, 3.05) is 20.1 Å². The summed E-state index contributed by atoms with van der Waals surface area (Å²) in [6.07, 6.45) is 2.53. The van der Waals surface area contributed by atoms with Gasteiger partial charge in [0.05, 0.1) is 0 Å². The first-order valence-corrected chi connectivity index (χ1v) is 4.67. The SMILES string of the molecule is CC.CN1CCC(S)CC1. The fraction of sp³-hybridized carbons (Fsp3) is 1.00. The second-order valence-corrected chi connectivity index (χ2v) is 3.26. The van der Waals surface area contributed by atoms with Crippen molar-refractivity contribution in [3.05, 3.63) is 0 Å². The fourth-order valence-corrected chi connectivity index (χ4v) is 1.23. The Morgan fingerprint density at radius 1 is 1.20 bits per heavy atom. The van der Waals surface area contributed by atoms with E-state index in [0.29, 0.717) is 5.25 Å². The van der Waals surface area contributed by atoms with Crippen LogP contribution in [0.3, 0.4) is 0 Å². The molecule has 0 aromatic heterocycles. The van der Waals surface area contributed by atoms with Crippen LogP contribution in [-0.2, 0) is 0 Å². The van der Waals surface area contributed by atoms with Gasteiger partial charge in [0, 0.05) is 5.25 Å². The molecule has 1 fully saturated rings. The van der Waals surface area contributed by atoms with E-state index < -0.39 is 0 Å². The molecule has 0 aliphatic carbocycles. The van der Waals surface area contributed by atoms with E-state index in [2.05, 4.69) is 24.6 Å². The second kappa shape index (κ2) is 6.05. The Bertz CT molecular complexity index is 57.7. The normalized spacial score (nSPS) is 21.6. The van der Waals surface area contributed by atoms with E-state index in [1.807, 2.05) is 13.8 Å². The van der Waals surface area contributed by atoms with Gasteiger partial charge >= 0.3 is 0 Å². The van der Waals surface area contributed by atoms with E-state index in [1.165, 1.54) is 25.9 Å². The lowest BCUT2D eigenvalue weighted by Gasteiger charge is -2.25. The lowest BCUT2D eigenvalue weighted by molar-refractivity contribution is 0.282. The van der Waals surface area contributed by atoms with Crippen molar-refractivity contribution < 1.29 is 0 Å². The minimum atomic E-state index is 0.672. The van der Waals surface area contributed by atoms with Crippen LogP contribution in [0.5, 0.6) is 0 Å². The van der Waals surface area contributed by atoms with Gasteiger partial charge in [-0.3, -0.25) is 0 Å². The van der Waals surface area contributed by atoms with Gasteiger partial charge in [0.25, 0.3) is 0 Å². The standard InChI is InChI=1S/C6H13NS.C2H6/c1-7-4-2-6(8)3-5-7;1-2/h6,8H,2-5H2,1H3;1-2H3. The monoisotopic (exact) mass is 161 g/mol. The molecular formula is C8H19NS. The molecule has 0 radical (unpaired) electrons. The molecule has 2 heteroatoms. The van der Waals surface area contributed by atoms with Gasteiger partial charge < -0.3 is 4.90 Å². The number of likely N-dealkylation sites (tertiary alicyclic amines) is 1. The molecule has 0 aromatic carbocycles. The highest BCUT2D eigenvalue weighted by atomic mass is 32.1. The van der Waals surface area contributed by atoms with Crippen LogP contribution in [0.4, 0.5) is 0 Å². The van der Waals surface area contributed by atoms with Crippen LogP contribution in [0.2, 0.25) is 0 Å². The van der Waals surface area contributed by atoms with E-state index in [-0.39, 0.29) is 0 Å². The lowest BCUT2D eigenvalue weighted by atomic mass is 10.1. The Morgan fingerprint density at radius 2 is 1.60 bits per heavy atom. The van der Waals surface area contributed by atoms with Crippen molar-refractivity contribution >= 4 is 12.6 Å². The van der Waals surface area contributed by atoms with Crippen molar-refractivity contribution in [3.8, 4) is 0 Å². The minimum absolute atomic E-state index is 0.672. The summed E-state index contributed by atoms with van der Waals surface area (Å²) in [4.78, 5) is 2.35. The van der Waals surface area contributed by atoms with E-state index in [9.17, 15) is 0 Å². The Balaban J connectivity index is 0.000000371. The summed E-state index contributed by atoms with van der Waals surface area (Å²) < 4.78 is 0. The van der Waals surface area contributed by atoms with Crippen molar-refractivity contribution in [2.45, 2.75) is 31.9 Å². The van der Waals surface area contributed by atoms with E-state index in [4.69, 9.17) is 0 Å². The molecule has 1 heterocycles. The third kappa shape index (κ3) is 4.18. The van der Waals surface area contributed by atoms with Crippen LogP contribution in [0.1, 0.15) is 26.7 Å². The number of piperidine rings is 1. The Morgan fingerprint density at radius 3 is 1.90 bits per heavy atom. The summed E-state index contributed by atoms with van der Waals surface area (Å²) in [6, 6.07) is 0. The zero-order chi connectivity index (χ0) is 7.98. The first kappa shape index (κ1) is 10.3. The number of rotatable bonds is 0. The average molecular weight is 161 g/mol. The summed E-state index contributed by atoms with van der Waals surface area (Å²) in [5, 5.41) is 0.672. The zero-order valence-corrected chi connectivity index (χ0v) is 8.19. The molecule has 0 spiro atoms. The third-order valence-electron chi connectivity index (χ3n) is 1.69. The van der Waals surface area contributed by atoms with Crippen molar-refractivity contribution in [2.24, 2.45) is 0 Å². The number of hydrogen-bond donors (Lipinski definition) is 1. The van der Waals surface area contributed by atoms with Crippen LogP contribution < -0.4 is 0 Å². The lowest BCUT2D eigenvalue weighted by Crippen LogP contribution is -2.30. The molecule has 0 N–H and O–H groups in total. The third-order valence-corrected chi connectivity index (χ3v) is 2.20. The maximum atomic E-state index is 4.38. The largest absolute Gasteiger partial charge is 0.306 e. The molecule has 0 saturated carbocycles. The van der Waals surface area contributed by atoms with E-state index in [1.54, 1.807) is 0 Å². The molecule has 0 amide bonds. The molecule has 0 atom stereocenters. The summed E-state index contributed by atoms with van der Waals surface area (Å²) >= 11 is 4.38. The molecule has 10 heavy (non-hydrogen) atoms. The summed E-state index contributed by atoms with van der Waals surface area (Å²) in [7, 11) is 2.17. The van der Waals surface area contributed by atoms with Crippen LogP contribution in [0.25, 0.3) is 0 Å². The highest BCUT2D eigenvalue weighted by Crippen LogP contribution is 2.12. The number of hydrogen-bond acceptors (Lipinski definition) is 2. The van der Waals surface area contributed by atoms with Crippen LogP contribution in [0.15, 0.2) is 0 Å². The molecule has 1 nitrogen and oxygen atoms in total. The van der Waals surface area contributed by atoms with Gasteiger partial charge in [0.15, 0.2) is 0 Å². The second-order valence-electron chi connectivity index (χ2n) is 2.53. The predicted molar refractivity (Wildman–Crippen MR) is 50.9 cm³/mol.